The summed E-state index contributed by atoms with van der Waals surface area (Å²) in [6.07, 6.45) is 1.78. The van der Waals surface area contributed by atoms with Gasteiger partial charge in [-0.3, -0.25) is 0 Å². The van der Waals surface area contributed by atoms with Crippen molar-refractivity contribution in [2.75, 3.05) is 20.3 Å². The molecule has 0 bridgehead atoms. The van der Waals surface area contributed by atoms with E-state index in [1.165, 1.54) is 0 Å². The lowest BCUT2D eigenvalue weighted by atomic mass is 9.95. The Bertz CT molecular complexity index is 310. The van der Waals surface area contributed by atoms with Gasteiger partial charge in [-0.25, -0.2) is 4.98 Å². The van der Waals surface area contributed by atoms with Crippen LogP contribution in [0.2, 0.25) is 0 Å². The van der Waals surface area contributed by atoms with Crippen molar-refractivity contribution in [3.63, 3.8) is 0 Å². The summed E-state index contributed by atoms with van der Waals surface area (Å²) in [5.74, 6) is 0. The van der Waals surface area contributed by atoms with Crippen LogP contribution < -0.4 is 0 Å². The zero-order valence-corrected chi connectivity index (χ0v) is 10.4. The maximum Gasteiger partial charge on any atom is 0.126 e. The van der Waals surface area contributed by atoms with E-state index in [4.69, 9.17) is 9.47 Å². The highest BCUT2D eigenvalue weighted by Crippen LogP contribution is 2.37. The minimum absolute atomic E-state index is 0.213. The summed E-state index contributed by atoms with van der Waals surface area (Å²) in [4.78, 5) is 4.43. The molecule has 78 valence electrons. The Kier molecular flexibility index (Phi) is 3.21. The summed E-state index contributed by atoms with van der Waals surface area (Å²) in [5, 5.41) is 3.04. The van der Waals surface area contributed by atoms with Gasteiger partial charge in [0.25, 0.3) is 0 Å². The average Bonchev–Trinajstić information content (AvgIpc) is 2.66. The molecular weight excluding hydrogens is 266 g/mol. The van der Waals surface area contributed by atoms with Crippen molar-refractivity contribution >= 4 is 27.3 Å². The van der Waals surface area contributed by atoms with Crippen molar-refractivity contribution in [1.82, 2.24) is 4.98 Å². The number of hydrogen-bond acceptors (Lipinski definition) is 4. The minimum atomic E-state index is -0.213. The maximum atomic E-state index is 5.63. The van der Waals surface area contributed by atoms with Crippen LogP contribution in [0.15, 0.2) is 9.98 Å². The minimum Gasteiger partial charge on any atom is -0.381 e. The van der Waals surface area contributed by atoms with E-state index in [-0.39, 0.29) is 5.60 Å². The molecule has 0 amide bonds. The fourth-order valence-corrected chi connectivity index (χ4v) is 3.16. The number of aromatic nitrogens is 1. The fourth-order valence-electron chi connectivity index (χ4n) is 1.67. The molecule has 1 aliphatic heterocycles. The van der Waals surface area contributed by atoms with E-state index in [2.05, 4.69) is 20.9 Å². The first-order valence-electron chi connectivity index (χ1n) is 4.51. The number of methoxy groups -OCH3 is 1. The maximum absolute atomic E-state index is 5.63. The molecule has 2 rings (SSSR count). The standard InChI is InChI=1S/C9H12BrNO2S/c1-12-9(2-4-13-5-3-9)8-11-7(10)6-14-8/h6H,2-5H2,1H3. The molecule has 0 atom stereocenters. The van der Waals surface area contributed by atoms with Crippen molar-refractivity contribution < 1.29 is 9.47 Å². The topological polar surface area (TPSA) is 31.4 Å². The lowest BCUT2D eigenvalue weighted by Gasteiger charge is -2.33. The van der Waals surface area contributed by atoms with E-state index in [0.717, 1.165) is 35.7 Å². The second-order valence-corrected chi connectivity index (χ2v) is 4.96. The molecule has 3 nitrogen and oxygen atoms in total. The average molecular weight is 278 g/mol. The van der Waals surface area contributed by atoms with Crippen LogP contribution in [0.1, 0.15) is 17.8 Å². The summed E-state index contributed by atoms with van der Waals surface area (Å²) >= 11 is 5.01. The lowest BCUT2D eigenvalue weighted by molar-refractivity contribution is -0.0948. The largest absolute Gasteiger partial charge is 0.381 e. The summed E-state index contributed by atoms with van der Waals surface area (Å²) in [6.45, 7) is 1.51. The van der Waals surface area contributed by atoms with Gasteiger partial charge in [0, 0.05) is 38.5 Å². The molecule has 0 unspecified atom stereocenters. The Balaban J connectivity index is 2.26. The first-order valence-corrected chi connectivity index (χ1v) is 6.18. The third-order valence-electron chi connectivity index (χ3n) is 2.56. The van der Waals surface area contributed by atoms with Crippen molar-refractivity contribution in [1.29, 1.82) is 0 Å². The van der Waals surface area contributed by atoms with Gasteiger partial charge >= 0.3 is 0 Å². The van der Waals surface area contributed by atoms with Crippen LogP contribution in [-0.2, 0) is 15.1 Å². The highest BCUT2D eigenvalue weighted by atomic mass is 79.9. The van der Waals surface area contributed by atoms with Crippen molar-refractivity contribution in [2.24, 2.45) is 0 Å². The van der Waals surface area contributed by atoms with Gasteiger partial charge in [0.15, 0.2) is 0 Å². The smallest absolute Gasteiger partial charge is 0.126 e. The first kappa shape index (κ1) is 10.5. The van der Waals surface area contributed by atoms with Gasteiger partial charge in [-0.15, -0.1) is 11.3 Å². The molecule has 5 heteroatoms. The first-order chi connectivity index (χ1) is 6.77. The number of thiazole rings is 1. The van der Waals surface area contributed by atoms with Gasteiger partial charge in [-0.1, -0.05) is 0 Å². The molecule has 0 radical (unpaired) electrons. The van der Waals surface area contributed by atoms with Gasteiger partial charge < -0.3 is 9.47 Å². The molecule has 0 N–H and O–H groups in total. The Morgan fingerprint density at radius 2 is 2.29 bits per heavy atom. The third-order valence-corrected chi connectivity index (χ3v) is 4.29. The van der Waals surface area contributed by atoms with Crippen LogP contribution in [0, 0.1) is 0 Å². The van der Waals surface area contributed by atoms with Crippen molar-refractivity contribution in [2.45, 2.75) is 18.4 Å². The normalized spacial score (nSPS) is 21.0. The Morgan fingerprint density at radius 3 is 2.79 bits per heavy atom. The quantitative estimate of drug-likeness (QED) is 0.833. The fraction of sp³-hybridized carbons (Fsp3) is 0.667. The van der Waals surface area contributed by atoms with Gasteiger partial charge in [-0.2, -0.15) is 0 Å². The van der Waals surface area contributed by atoms with Gasteiger partial charge in [0.05, 0.1) is 0 Å². The second-order valence-electron chi connectivity index (χ2n) is 3.29. The lowest BCUT2D eigenvalue weighted by Crippen LogP contribution is -2.35. The molecule has 0 saturated carbocycles. The molecular formula is C9H12BrNO2S. The molecule has 0 aliphatic carbocycles. The number of ether oxygens (including phenoxy) is 2. The Labute approximate surface area is 95.6 Å². The molecule has 1 aromatic heterocycles. The molecule has 0 spiro atoms. The van der Waals surface area contributed by atoms with E-state index in [1.807, 2.05) is 5.38 Å². The van der Waals surface area contributed by atoms with E-state index in [0.29, 0.717) is 0 Å². The Morgan fingerprint density at radius 1 is 1.57 bits per heavy atom. The van der Waals surface area contributed by atoms with Gasteiger partial charge in [-0.05, 0) is 15.9 Å². The molecule has 14 heavy (non-hydrogen) atoms. The zero-order chi connectivity index (χ0) is 10.0. The molecule has 0 aromatic carbocycles. The van der Waals surface area contributed by atoms with Crippen molar-refractivity contribution in [3.8, 4) is 0 Å². The molecule has 2 heterocycles. The summed E-state index contributed by atoms with van der Waals surface area (Å²) < 4.78 is 11.9. The summed E-state index contributed by atoms with van der Waals surface area (Å²) in [6, 6.07) is 0. The number of rotatable bonds is 2. The highest BCUT2D eigenvalue weighted by molar-refractivity contribution is 9.10. The molecule has 1 saturated heterocycles. The van der Waals surface area contributed by atoms with E-state index < -0.39 is 0 Å². The summed E-state index contributed by atoms with van der Waals surface area (Å²) in [7, 11) is 1.75. The highest BCUT2D eigenvalue weighted by Gasteiger charge is 2.37. The van der Waals surface area contributed by atoms with E-state index >= 15 is 0 Å². The molecule has 1 fully saturated rings. The van der Waals surface area contributed by atoms with Gasteiger partial charge in [0.2, 0.25) is 0 Å². The molecule has 1 aliphatic rings. The Hall–Kier alpha value is 0.0300. The van der Waals surface area contributed by atoms with Crippen LogP contribution in [0.5, 0.6) is 0 Å². The molecule has 1 aromatic rings. The monoisotopic (exact) mass is 277 g/mol. The SMILES string of the molecule is COC1(c2nc(Br)cs2)CCOCC1. The second kappa shape index (κ2) is 4.26. The predicted molar refractivity (Wildman–Crippen MR) is 58.6 cm³/mol. The third kappa shape index (κ3) is 1.86. The van der Waals surface area contributed by atoms with E-state index in [9.17, 15) is 0 Å². The predicted octanol–water partition coefficient (Wildman–Crippen LogP) is 2.56. The summed E-state index contributed by atoms with van der Waals surface area (Å²) in [5.41, 5.74) is -0.213. The van der Waals surface area contributed by atoms with Crippen LogP contribution in [0.25, 0.3) is 0 Å². The number of halogens is 1. The van der Waals surface area contributed by atoms with E-state index in [1.54, 1.807) is 18.4 Å². The van der Waals surface area contributed by atoms with Crippen LogP contribution in [0.3, 0.4) is 0 Å². The van der Waals surface area contributed by atoms with Crippen molar-refractivity contribution in [3.05, 3.63) is 15.0 Å². The van der Waals surface area contributed by atoms with Crippen LogP contribution >= 0.6 is 27.3 Å². The van der Waals surface area contributed by atoms with Crippen LogP contribution in [-0.4, -0.2) is 25.3 Å². The number of hydrogen-bond donors (Lipinski definition) is 0. The van der Waals surface area contributed by atoms with Gasteiger partial charge in [0.1, 0.15) is 15.2 Å². The van der Waals surface area contributed by atoms with Crippen LogP contribution in [0.4, 0.5) is 0 Å². The number of nitrogens with zero attached hydrogens (tertiary/aromatic N) is 1. The zero-order valence-electron chi connectivity index (χ0n) is 7.96.